The predicted octanol–water partition coefficient (Wildman–Crippen LogP) is -0.446. The van der Waals surface area contributed by atoms with Crippen molar-refractivity contribution in [1.82, 2.24) is 9.80 Å². The molecule has 246 valence electrons. The minimum Gasteiger partial charge on any atom is -0.550 e. The van der Waals surface area contributed by atoms with Gasteiger partial charge in [-0.05, 0) is 25.7 Å². The smallest absolute Gasteiger partial charge is 0.550 e. The van der Waals surface area contributed by atoms with Crippen LogP contribution in [-0.4, -0.2) is 59.7 Å². The maximum atomic E-state index is 12.8. The summed E-state index contributed by atoms with van der Waals surface area (Å²) in [7, 11) is 0. The van der Waals surface area contributed by atoms with Gasteiger partial charge < -0.3 is 29.6 Å². The zero-order valence-electron chi connectivity index (χ0n) is 29.1. The van der Waals surface area contributed by atoms with Crippen molar-refractivity contribution in [3.05, 3.63) is 0 Å². The first-order valence-corrected chi connectivity index (χ1v) is 17.3. The van der Waals surface area contributed by atoms with E-state index in [0.29, 0.717) is 38.8 Å². The van der Waals surface area contributed by atoms with E-state index in [1.807, 2.05) is 0 Å². The minimum absolute atomic E-state index is 0. The van der Waals surface area contributed by atoms with Crippen molar-refractivity contribution in [2.24, 2.45) is 0 Å². The molecule has 44 heavy (non-hydrogen) atoms. The number of nitrogens with zero attached hydrogens (tertiary/aromatic N) is 2. The molecule has 0 unspecified atom stereocenters. The largest absolute Gasteiger partial charge is 1.00 e. The Kier molecular flexibility index (Phi) is 39.2. The number of hydrogen-bond acceptors (Lipinski definition) is 6. The molecule has 0 aliphatic carbocycles. The molecule has 0 aromatic rings. The summed E-state index contributed by atoms with van der Waals surface area (Å²) in [4.78, 5) is 50.9. The summed E-state index contributed by atoms with van der Waals surface area (Å²) < 4.78 is 0. The molecule has 0 saturated carbocycles. The second-order valence-electron chi connectivity index (χ2n) is 11.9. The van der Waals surface area contributed by atoms with E-state index in [-0.39, 0.29) is 96.9 Å². The van der Waals surface area contributed by atoms with Gasteiger partial charge in [0.1, 0.15) is 0 Å². The first-order valence-electron chi connectivity index (χ1n) is 17.3. The monoisotopic (exact) mass is 640 g/mol. The SMILES string of the molecule is CCCCCCCCCCCC(=O)N(CCCCN(CCC(=O)[O-])C(=O)CCCCCCCCCCC)CCC(=O)[O-].[Na+].[Na+]. The van der Waals surface area contributed by atoms with E-state index in [2.05, 4.69) is 13.8 Å². The molecule has 10 heteroatoms. The van der Waals surface area contributed by atoms with Gasteiger partial charge >= 0.3 is 59.1 Å². The van der Waals surface area contributed by atoms with Crippen LogP contribution in [-0.2, 0) is 19.2 Å². The van der Waals surface area contributed by atoms with Crippen molar-refractivity contribution < 1.29 is 88.5 Å². The molecular weight excluding hydrogens is 578 g/mol. The third kappa shape index (κ3) is 31.8. The fraction of sp³-hybridized carbons (Fsp3) is 0.882. The first-order chi connectivity index (χ1) is 20.3. The normalized spacial score (nSPS) is 10.5. The number of rotatable bonds is 31. The molecular formula is C34H62N2Na2O6. The van der Waals surface area contributed by atoms with Crippen LogP contribution in [0.1, 0.15) is 168 Å². The van der Waals surface area contributed by atoms with Gasteiger partial charge in [0, 0.05) is 63.8 Å². The minimum atomic E-state index is -1.17. The van der Waals surface area contributed by atoms with Crippen LogP contribution in [0.15, 0.2) is 0 Å². The zero-order valence-corrected chi connectivity index (χ0v) is 33.1. The third-order valence-electron chi connectivity index (χ3n) is 7.97. The van der Waals surface area contributed by atoms with Crippen molar-refractivity contribution in [2.45, 2.75) is 168 Å². The average Bonchev–Trinajstić information content (AvgIpc) is 2.95. The van der Waals surface area contributed by atoms with Crippen molar-refractivity contribution >= 4 is 23.8 Å². The molecule has 0 rings (SSSR count). The number of unbranched alkanes of at least 4 members (excludes halogenated alkanes) is 17. The predicted molar refractivity (Wildman–Crippen MR) is 165 cm³/mol. The standard InChI is InChI=1S/C34H64N2O6.2Na/c1-3-5-7-9-11-13-15-17-19-23-31(37)35(29-25-33(39)40)27-21-22-28-36(30-26-34(41)42)32(38)24-20-18-16-14-12-10-8-6-4-2;;/h3-30H2,1-2H3,(H,39,40)(H,41,42);;/q;2*+1/p-2. The maximum Gasteiger partial charge on any atom is 1.00 e. The molecule has 0 aliphatic rings. The van der Waals surface area contributed by atoms with E-state index in [1.165, 1.54) is 77.0 Å². The van der Waals surface area contributed by atoms with Crippen LogP contribution >= 0.6 is 0 Å². The Morgan fingerprint density at radius 3 is 0.932 bits per heavy atom. The Balaban J connectivity index is -0.00000840. The number of carbonyl (C=O) groups excluding carboxylic acids is 4. The molecule has 0 aliphatic heterocycles. The van der Waals surface area contributed by atoms with Crippen LogP contribution < -0.4 is 69.3 Å². The molecule has 0 radical (unpaired) electrons. The number of carboxylic acids is 2. The van der Waals surface area contributed by atoms with Crippen LogP contribution in [0.3, 0.4) is 0 Å². The Bertz CT molecular complexity index is 653. The number of carboxylic acid groups (broad SMARTS) is 2. The summed E-state index contributed by atoms with van der Waals surface area (Å²) >= 11 is 0. The van der Waals surface area contributed by atoms with Crippen molar-refractivity contribution in [2.75, 3.05) is 26.2 Å². The van der Waals surface area contributed by atoms with Gasteiger partial charge in [-0.2, -0.15) is 0 Å². The fourth-order valence-electron chi connectivity index (χ4n) is 5.27. The Morgan fingerprint density at radius 2 is 0.659 bits per heavy atom. The Labute approximate surface area is 313 Å². The van der Waals surface area contributed by atoms with Crippen molar-refractivity contribution in [3.63, 3.8) is 0 Å². The topological polar surface area (TPSA) is 121 Å². The number of amides is 2. The molecule has 0 fully saturated rings. The average molecular weight is 641 g/mol. The van der Waals surface area contributed by atoms with Gasteiger partial charge in [0.2, 0.25) is 11.8 Å². The molecule has 8 nitrogen and oxygen atoms in total. The van der Waals surface area contributed by atoms with Gasteiger partial charge in [0.15, 0.2) is 0 Å². The number of aliphatic carboxylic acids is 2. The van der Waals surface area contributed by atoms with Crippen LogP contribution in [0, 0.1) is 0 Å². The van der Waals surface area contributed by atoms with E-state index in [1.54, 1.807) is 9.80 Å². The third-order valence-corrected chi connectivity index (χ3v) is 7.97. The molecule has 0 atom stereocenters. The van der Waals surface area contributed by atoms with E-state index < -0.39 is 11.9 Å². The summed E-state index contributed by atoms with van der Waals surface area (Å²) in [5.41, 5.74) is 0. The summed E-state index contributed by atoms with van der Waals surface area (Å²) in [6.07, 6.45) is 22.6. The molecule has 0 saturated heterocycles. The molecule has 0 heterocycles. The number of carbonyl (C=O) groups is 4. The molecule has 0 spiro atoms. The van der Waals surface area contributed by atoms with Gasteiger partial charge in [-0.25, -0.2) is 0 Å². The quantitative estimate of drug-likeness (QED) is 0.0749. The van der Waals surface area contributed by atoms with Gasteiger partial charge in [0.05, 0.1) is 0 Å². The van der Waals surface area contributed by atoms with Gasteiger partial charge in [0.25, 0.3) is 0 Å². The molecule has 0 bridgehead atoms. The first kappa shape index (κ1) is 48.3. The second kappa shape index (κ2) is 35.7. The summed E-state index contributed by atoms with van der Waals surface area (Å²) in [6.45, 7) is 5.52. The maximum absolute atomic E-state index is 12.8. The summed E-state index contributed by atoms with van der Waals surface area (Å²) in [5.74, 6) is -2.42. The Morgan fingerprint density at radius 1 is 0.386 bits per heavy atom. The van der Waals surface area contributed by atoms with E-state index in [4.69, 9.17) is 0 Å². The van der Waals surface area contributed by atoms with E-state index in [0.717, 1.165) is 38.5 Å². The van der Waals surface area contributed by atoms with Crippen LogP contribution in [0.5, 0.6) is 0 Å². The Hall–Kier alpha value is -0.120. The molecule has 0 aromatic carbocycles. The van der Waals surface area contributed by atoms with Gasteiger partial charge in [-0.1, -0.05) is 117 Å². The summed E-state index contributed by atoms with van der Waals surface area (Å²) in [6, 6.07) is 0. The van der Waals surface area contributed by atoms with Crippen LogP contribution in [0.4, 0.5) is 0 Å². The molecule has 2 amide bonds. The number of hydrogen-bond donors (Lipinski definition) is 0. The molecule has 0 aromatic heterocycles. The van der Waals surface area contributed by atoms with Crippen molar-refractivity contribution in [1.29, 1.82) is 0 Å². The van der Waals surface area contributed by atoms with Gasteiger partial charge in [-0.3, -0.25) is 9.59 Å². The van der Waals surface area contributed by atoms with E-state index in [9.17, 15) is 29.4 Å². The van der Waals surface area contributed by atoms with Gasteiger partial charge in [-0.15, -0.1) is 0 Å². The van der Waals surface area contributed by atoms with Crippen LogP contribution in [0.25, 0.3) is 0 Å². The zero-order chi connectivity index (χ0) is 31.3. The summed E-state index contributed by atoms with van der Waals surface area (Å²) in [5, 5.41) is 22.1. The fourth-order valence-corrected chi connectivity index (χ4v) is 5.27. The van der Waals surface area contributed by atoms with Crippen molar-refractivity contribution in [3.8, 4) is 0 Å². The second-order valence-corrected chi connectivity index (χ2v) is 11.9. The van der Waals surface area contributed by atoms with Crippen LogP contribution in [0.2, 0.25) is 0 Å². The van der Waals surface area contributed by atoms with E-state index >= 15 is 0 Å². The molecule has 0 N–H and O–H groups in total.